The van der Waals surface area contributed by atoms with Crippen LogP contribution in [0.4, 0.5) is 11.5 Å². The van der Waals surface area contributed by atoms with Crippen LogP contribution in [0.5, 0.6) is 11.5 Å². The van der Waals surface area contributed by atoms with Gasteiger partial charge >= 0.3 is 0 Å². The zero-order chi connectivity index (χ0) is 27.6. The van der Waals surface area contributed by atoms with Crippen LogP contribution in [0.3, 0.4) is 0 Å². The third-order valence-corrected chi connectivity index (χ3v) is 6.49. The van der Waals surface area contributed by atoms with E-state index in [1.807, 2.05) is 44.2 Å². The van der Waals surface area contributed by atoms with Crippen LogP contribution >= 0.6 is 0 Å². The summed E-state index contributed by atoms with van der Waals surface area (Å²) in [4.78, 5) is 27.3. The van der Waals surface area contributed by atoms with Crippen molar-refractivity contribution < 1.29 is 19.0 Å². The number of ether oxygens (including phenoxy) is 3. The van der Waals surface area contributed by atoms with Crippen LogP contribution in [0.1, 0.15) is 24.0 Å². The maximum atomic E-state index is 11.3. The van der Waals surface area contributed by atoms with Gasteiger partial charge in [-0.3, -0.25) is 9.69 Å². The summed E-state index contributed by atoms with van der Waals surface area (Å²) in [5.74, 6) is 1.68. The second-order valence-electron chi connectivity index (χ2n) is 9.37. The Labute approximate surface area is 228 Å². The lowest BCUT2D eigenvalue weighted by Gasteiger charge is -2.26. The molecule has 0 unspecified atom stereocenters. The summed E-state index contributed by atoms with van der Waals surface area (Å²) < 4.78 is 17.1. The van der Waals surface area contributed by atoms with Crippen molar-refractivity contribution in [2.24, 2.45) is 10.7 Å². The van der Waals surface area contributed by atoms with Gasteiger partial charge < -0.3 is 30.6 Å². The van der Waals surface area contributed by atoms with Gasteiger partial charge in [0.05, 0.1) is 32.4 Å². The molecule has 0 aliphatic carbocycles. The van der Waals surface area contributed by atoms with Crippen LogP contribution in [0.2, 0.25) is 0 Å². The highest BCUT2D eigenvalue weighted by Crippen LogP contribution is 2.35. The van der Waals surface area contributed by atoms with Crippen LogP contribution in [-0.4, -0.2) is 79.8 Å². The fraction of sp³-hybridized carbons (Fsp3) is 0.429. The van der Waals surface area contributed by atoms with Crippen LogP contribution in [-0.2, 0) is 9.53 Å². The van der Waals surface area contributed by atoms with Crippen molar-refractivity contribution in [1.82, 2.24) is 20.2 Å². The number of hydrogen-bond donors (Lipinski definition) is 3. The van der Waals surface area contributed by atoms with Gasteiger partial charge in [-0.2, -0.15) is 4.99 Å². The van der Waals surface area contributed by atoms with Gasteiger partial charge in [0.25, 0.3) is 0 Å². The molecular formula is C28H37N7O4. The minimum atomic E-state index is -0.399. The summed E-state index contributed by atoms with van der Waals surface area (Å²) in [6, 6.07) is 9.72. The van der Waals surface area contributed by atoms with Gasteiger partial charge in [0.1, 0.15) is 6.33 Å². The normalized spacial score (nSPS) is 14.3. The molecule has 208 valence electrons. The monoisotopic (exact) mass is 535 g/mol. The molecule has 0 radical (unpaired) electrons. The highest BCUT2D eigenvalue weighted by Gasteiger charge is 2.14. The largest absolute Gasteiger partial charge is 0.493 e. The van der Waals surface area contributed by atoms with Gasteiger partial charge in [-0.15, -0.1) is 0 Å². The summed E-state index contributed by atoms with van der Waals surface area (Å²) in [5, 5.41) is 7.24. The van der Waals surface area contributed by atoms with Crippen molar-refractivity contribution in [3.63, 3.8) is 0 Å². The number of amides is 1. The molecule has 2 heterocycles. The van der Waals surface area contributed by atoms with E-state index in [1.54, 1.807) is 7.11 Å². The van der Waals surface area contributed by atoms with Gasteiger partial charge in [0, 0.05) is 49.7 Å². The molecule has 1 aromatic heterocycles. The fourth-order valence-electron chi connectivity index (χ4n) is 4.36. The number of morpholine rings is 1. The first-order valence-corrected chi connectivity index (χ1v) is 13.1. The summed E-state index contributed by atoms with van der Waals surface area (Å²) in [7, 11) is 1.60. The van der Waals surface area contributed by atoms with Crippen molar-refractivity contribution >= 4 is 34.3 Å². The first-order chi connectivity index (χ1) is 18.9. The lowest BCUT2D eigenvalue weighted by atomic mass is 10.1. The minimum absolute atomic E-state index is 0.165. The molecule has 1 saturated heterocycles. The number of para-hydroxylation sites is 1. The number of hydrogen-bond acceptors (Lipinski definition) is 8. The molecule has 4 N–H and O–H groups in total. The molecule has 0 spiro atoms. The number of benzene rings is 2. The van der Waals surface area contributed by atoms with Gasteiger partial charge in [-0.05, 0) is 37.5 Å². The van der Waals surface area contributed by atoms with E-state index in [4.69, 9.17) is 24.9 Å². The molecule has 1 aliphatic rings. The summed E-state index contributed by atoms with van der Waals surface area (Å²) in [6.45, 7) is 9.35. The number of aryl methyl sites for hydroxylation is 2. The van der Waals surface area contributed by atoms with E-state index in [0.717, 1.165) is 56.1 Å². The number of fused-ring (bicyclic) bond motifs is 1. The molecule has 4 rings (SSSR count). The molecule has 3 aromatic rings. The maximum absolute atomic E-state index is 11.3. The SMILES string of the molecule is COc1cc2c(/N=C(\NCCC(N)=O)Nc3c(C)cccc3C)ncnc2cc1OCCCN1CCOCC1. The molecule has 1 fully saturated rings. The standard InChI is InChI=1S/C28H37N7O4/c1-19-6-4-7-20(2)26(19)33-28(30-9-8-25(29)36)34-27-21-16-23(37-3)24(17-22(21)31-18-32-27)39-13-5-10-35-11-14-38-15-12-35/h4,6-7,16-18H,5,8-15H2,1-3H3,(H2,29,36)(H2,30,31,32,33,34). The number of carbonyl (C=O) groups is 1. The van der Waals surface area contributed by atoms with Crippen LogP contribution in [0.25, 0.3) is 10.9 Å². The predicted octanol–water partition coefficient (Wildman–Crippen LogP) is 2.92. The number of primary amides is 1. The lowest BCUT2D eigenvalue weighted by molar-refractivity contribution is -0.117. The predicted molar refractivity (Wildman–Crippen MR) is 152 cm³/mol. The number of nitrogens with one attached hydrogen (secondary N) is 2. The Morgan fingerprint density at radius 2 is 1.92 bits per heavy atom. The first-order valence-electron chi connectivity index (χ1n) is 13.1. The Bertz CT molecular complexity index is 1290. The number of methoxy groups -OCH3 is 1. The molecule has 39 heavy (non-hydrogen) atoms. The quantitative estimate of drug-likeness (QED) is 0.192. The fourth-order valence-corrected chi connectivity index (χ4v) is 4.36. The van der Waals surface area contributed by atoms with Gasteiger partial charge in [-0.1, -0.05) is 18.2 Å². The zero-order valence-electron chi connectivity index (χ0n) is 22.8. The first kappa shape index (κ1) is 28.1. The number of nitrogens with zero attached hydrogens (tertiary/aromatic N) is 4. The van der Waals surface area contributed by atoms with Gasteiger partial charge in [0.15, 0.2) is 17.3 Å². The molecule has 1 amide bonds. The Hall–Kier alpha value is -3.96. The van der Waals surface area contributed by atoms with Gasteiger partial charge in [0.2, 0.25) is 11.9 Å². The molecule has 0 atom stereocenters. The molecule has 11 nitrogen and oxygen atoms in total. The number of aromatic nitrogens is 2. The Morgan fingerprint density at radius 1 is 1.15 bits per heavy atom. The summed E-state index contributed by atoms with van der Waals surface area (Å²) in [6.07, 6.45) is 2.53. The van der Waals surface area contributed by atoms with E-state index in [9.17, 15) is 4.79 Å². The van der Waals surface area contributed by atoms with Crippen molar-refractivity contribution in [3.8, 4) is 11.5 Å². The van der Waals surface area contributed by atoms with Crippen molar-refractivity contribution in [2.45, 2.75) is 26.7 Å². The number of nitrogens with two attached hydrogens (primary N) is 1. The van der Waals surface area contributed by atoms with Crippen LogP contribution in [0.15, 0.2) is 41.7 Å². The minimum Gasteiger partial charge on any atom is -0.493 e. The topological polar surface area (TPSA) is 136 Å². The molecular weight excluding hydrogens is 498 g/mol. The van der Waals surface area contributed by atoms with Crippen LogP contribution in [0, 0.1) is 13.8 Å². The highest BCUT2D eigenvalue weighted by molar-refractivity contribution is 5.99. The van der Waals surface area contributed by atoms with E-state index in [-0.39, 0.29) is 6.42 Å². The highest BCUT2D eigenvalue weighted by atomic mass is 16.5. The third-order valence-electron chi connectivity index (χ3n) is 6.49. The Kier molecular flexibility index (Phi) is 9.87. The van der Waals surface area contributed by atoms with E-state index in [2.05, 4.69) is 25.5 Å². The maximum Gasteiger partial charge on any atom is 0.219 e. The van der Waals surface area contributed by atoms with Crippen molar-refractivity contribution in [2.75, 3.05) is 58.4 Å². The zero-order valence-corrected chi connectivity index (χ0v) is 22.8. The smallest absolute Gasteiger partial charge is 0.219 e. The van der Waals surface area contributed by atoms with Gasteiger partial charge in [-0.25, -0.2) is 9.97 Å². The number of carbonyl (C=O) groups excluding carboxylic acids is 1. The summed E-state index contributed by atoms with van der Waals surface area (Å²) in [5.41, 5.74) is 9.06. The number of guanidine groups is 1. The molecule has 11 heteroatoms. The molecule has 0 saturated carbocycles. The van der Waals surface area contributed by atoms with Crippen LogP contribution < -0.4 is 25.8 Å². The van der Waals surface area contributed by atoms with Crippen molar-refractivity contribution in [3.05, 3.63) is 47.8 Å². The van der Waals surface area contributed by atoms with E-state index < -0.39 is 5.91 Å². The van der Waals surface area contributed by atoms with E-state index >= 15 is 0 Å². The Morgan fingerprint density at radius 3 is 2.64 bits per heavy atom. The number of rotatable bonds is 11. The molecule has 2 aromatic carbocycles. The third kappa shape index (κ3) is 7.78. The lowest BCUT2D eigenvalue weighted by Crippen LogP contribution is -2.37. The van der Waals surface area contributed by atoms with E-state index in [0.29, 0.717) is 47.3 Å². The molecule has 1 aliphatic heterocycles. The average Bonchev–Trinajstić information content (AvgIpc) is 2.93. The average molecular weight is 536 g/mol. The summed E-state index contributed by atoms with van der Waals surface area (Å²) >= 11 is 0. The number of anilines is 1. The molecule has 0 bridgehead atoms. The Balaban J connectivity index is 1.57. The second-order valence-corrected chi connectivity index (χ2v) is 9.37. The number of aliphatic imine (C=N–C) groups is 1. The van der Waals surface area contributed by atoms with Crippen molar-refractivity contribution in [1.29, 1.82) is 0 Å². The second kappa shape index (κ2) is 13.7. The van der Waals surface area contributed by atoms with E-state index in [1.165, 1.54) is 6.33 Å².